The van der Waals surface area contributed by atoms with Crippen molar-refractivity contribution in [3.8, 4) is 5.75 Å². The summed E-state index contributed by atoms with van der Waals surface area (Å²) in [6.45, 7) is 23.4. The molecule has 6 aromatic rings. The van der Waals surface area contributed by atoms with Crippen LogP contribution in [0, 0.1) is 6.92 Å². The van der Waals surface area contributed by atoms with Crippen LogP contribution in [0.2, 0.25) is 0 Å². The molecule has 0 saturated heterocycles. The summed E-state index contributed by atoms with van der Waals surface area (Å²) in [6, 6.07) is 40.2. The quantitative estimate of drug-likeness (QED) is 0.206. The van der Waals surface area contributed by atoms with Crippen LogP contribution < -0.4 is 0 Å². The molecular formula is C46H64O. The molecule has 0 aliphatic rings. The van der Waals surface area contributed by atoms with Crippen LogP contribution in [0.4, 0.5) is 0 Å². The van der Waals surface area contributed by atoms with Crippen molar-refractivity contribution in [2.24, 2.45) is 0 Å². The van der Waals surface area contributed by atoms with E-state index in [4.69, 9.17) is 0 Å². The average molecular weight is 633 g/mol. The normalized spacial score (nSPS) is 9.91. The molecular weight excluding hydrogens is 569 g/mol. The maximum absolute atomic E-state index is 9.66. The monoisotopic (exact) mass is 632 g/mol. The van der Waals surface area contributed by atoms with Crippen molar-refractivity contribution in [1.82, 2.24) is 0 Å². The molecule has 0 spiro atoms. The first-order chi connectivity index (χ1) is 21.7. The number of phenols is 1. The zero-order chi connectivity index (χ0) is 33.5. The van der Waals surface area contributed by atoms with E-state index in [1.54, 1.807) is 0 Å². The fourth-order valence-corrected chi connectivity index (χ4v) is 5.47. The van der Waals surface area contributed by atoms with Gasteiger partial charge >= 0.3 is 0 Å². The Bertz CT molecular complexity index is 1690. The minimum atomic E-state index is 0. The molecule has 0 unspecified atom stereocenters. The van der Waals surface area contributed by atoms with Crippen LogP contribution in [0.15, 0.2) is 115 Å². The van der Waals surface area contributed by atoms with Crippen molar-refractivity contribution in [3.63, 3.8) is 0 Å². The number of fused-ring (bicyclic) bond motifs is 3. The van der Waals surface area contributed by atoms with Crippen molar-refractivity contribution in [2.75, 3.05) is 0 Å². The van der Waals surface area contributed by atoms with E-state index in [-0.39, 0.29) is 14.9 Å². The second-order valence-electron chi connectivity index (χ2n) is 11.8. The summed E-state index contributed by atoms with van der Waals surface area (Å²) in [7, 11) is 0. The van der Waals surface area contributed by atoms with Crippen LogP contribution in [-0.4, -0.2) is 5.11 Å². The highest BCUT2D eigenvalue weighted by molar-refractivity contribution is 5.90. The maximum atomic E-state index is 9.66. The Morgan fingerprint density at radius 2 is 0.723 bits per heavy atom. The molecule has 0 aromatic heterocycles. The summed E-state index contributed by atoms with van der Waals surface area (Å²) >= 11 is 0. The highest BCUT2D eigenvalue weighted by Gasteiger charge is 2.10. The Morgan fingerprint density at radius 1 is 0.383 bits per heavy atom. The minimum Gasteiger partial charge on any atom is -0.507 e. The van der Waals surface area contributed by atoms with Gasteiger partial charge in [0.15, 0.2) is 0 Å². The maximum Gasteiger partial charge on any atom is 0.126 e. The van der Waals surface area contributed by atoms with Crippen LogP contribution >= 0.6 is 0 Å². The number of aromatic hydroxyl groups is 1. The summed E-state index contributed by atoms with van der Waals surface area (Å²) in [5, 5.41) is 17.2. The molecule has 0 radical (unpaired) electrons. The number of hydrogen-bond acceptors (Lipinski definition) is 1. The Labute approximate surface area is 288 Å². The van der Waals surface area contributed by atoms with E-state index in [0.717, 1.165) is 16.3 Å². The second-order valence-corrected chi connectivity index (χ2v) is 11.8. The van der Waals surface area contributed by atoms with Crippen molar-refractivity contribution in [2.45, 2.75) is 109 Å². The molecule has 6 aromatic carbocycles. The highest BCUT2D eigenvalue weighted by atomic mass is 16.3. The first kappa shape index (κ1) is 42.9. The first-order valence-electron chi connectivity index (χ1n) is 16.9. The lowest BCUT2D eigenvalue weighted by molar-refractivity contribution is 0.477. The van der Waals surface area contributed by atoms with Crippen molar-refractivity contribution >= 4 is 32.3 Å². The Kier molecular flexibility index (Phi) is 19.8. The molecule has 0 amide bonds. The Hall–Kier alpha value is -4.10. The lowest BCUT2D eigenvalue weighted by atomic mass is 9.89. The van der Waals surface area contributed by atoms with Gasteiger partial charge in [-0.15, -0.1) is 0 Å². The van der Waals surface area contributed by atoms with Crippen LogP contribution in [0.1, 0.15) is 124 Å². The van der Waals surface area contributed by atoms with Gasteiger partial charge in [0.1, 0.15) is 5.75 Å². The molecule has 1 N–H and O–H groups in total. The van der Waals surface area contributed by atoms with Gasteiger partial charge in [-0.2, -0.15) is 0 Å². The highest BCUT2D eigenvalue weighted by Crippen LogP contribution is 2.31. The van der Waals surface area contributed by atoms with Gasteiger partial charge in [-0.3, -0.25) is 0 Å². The zero-order valence-electron chi connectivity index (χ0n) is 29.6. The lowest BCUT2D eigenvalue weighted by Crippen LogP contribution is -1.95. The van der Waals surface area contributed by atoms with Crippen LogP contribution in [0.25, 0.3) is 32.3 Å². The van der Waals surface area contributed by atoms with E-state index in [1.165, 1.54) is 38.2 Å². The molecule has 0 aliphatic carbocycles. The summed E-state index contributed by atoms with van der Waals surface area (Å²) in [4.78, 5) is 0. The fraction of sp³-hybridized carbons (Fsp3) is 0.348. The SMILES string of the molecule is C.C.CC.CC.CC(C)c1ccc(C(C)C)c2ccccc12.CC(C)c1cccc2ccccc12.Cc1ccc2ccccc2c1O. The topological polar surface area (TPSA) is 20.2 Å². The summed E-state index contributed by atoms with van der Waals surface area (Å²) in [5.41, 5.74) is 5.28. The summed E-state index contributed by atoms with van der Waals surface area (Å²) in [6.07, 6.45) is 0. The average Bonchev–Trinajstić information content (AvgIpc) is 3.08. The van der Waals surface area contributed by atoms with Gasteiger partial charge < -0.3 is 5.11 Å². The molecule has 0 aliphatic heterocycles. The first-order valence-corrected chi connectivity index (χ1v) is 16.9. The van der Waals surface area contributed by atoms with Crippen LogP contribution in [0.5, 0.6) is 5.75 Å². The molecule has 0 atom stereocenters. The van der Waals surface area contributed by atoms with Gasteiger partial charge in [-0.05, 0) is 73.9 Å². The predicted molar refractivity (Wildman–Crippen MR) is 217 cm³/mol. The number of phenolic OH excluding ortho intramolecular Hbond substituents is 1. The number of aryl methyl sites for hydroxylation is 1. The van der Waals surface area contributed by atoms with Gasteiger partial charge in [0.2, 0.25) is 0 Å². The molecule has 1 heteroatoms. The molecule has 0 fully saturated rings. The van der Waals surface area contributed by atoms with E-state index in [1.807, 2.05) is 71.0 Å². The van der Waals surface area contributed by atoms with Crippen molar-refractivity contribution < 1.29 is 5.11 Å². The lowest BCUT2D eigenvalue weighted by Gasteiger charge is -2.15. The third-order valence-corrected chi connectivity index (χ3v) is 7.78. The molecule has 254 valence electrons. The number of rotatable bonds is 3. The Balaban J connectivity index is 0.000000633. The number of hydrogen-bond donors (Lipinski definition) is 1. The molecule has 6 rings (SSSR count). The number of benzene rings is 6. The standard InChI is InChI=1S/C16H20.C13H14.C11H10O.2C2H6.2CH4/c1-11(2)13-9-10-14(12(3)4)16-8-6-5-7-15(13)16;1-10(2)12-9-5-7-11-6-3-4-8-13(11)12;1-8-6-7-9-4-2-3-5-10(9)11(8)12;2*1-2;;/h5-12H,1-4H3;3-10H,1-2H3;2-7,12H,1H3;2*1-2H3;2*1H4. The van der Waals surface area contributed by atoms with Crippen molar-refractivity contribution in [3.05, 3.63) is 138 Å². The molecule has 47 heavy (non-hydrogen) atoms. The van der Waals surface area contributed by atoms with E-state index in [2.05, 4.69) is 120 Å². The van der Waals surface area contributed by atoms with Crippen LogP contribution in [0.3, 0.4) is 0 Å². The minimum absolute atomic E-state index is 0. The smallest absolute Gasteiger partial charge is 0.126 e. The van der Waals surface area contributed by atoms with Gasteiger partial charge in [0.05, 0.1) is 0 Å². The summed E-state index contributed by atoms with van der Waals surface area (Å²) in [5.74, 6) is 2.18. The van der Waals surface area contributed by atoms with E-state index < -0.39 is 0 Å². The fourth-order valence-electron chi connectivity index (χ4n) is 5.47. The molecule has 0 bridgehead atoms. The van der Waals surface area contributed by atoms with Crippen molar-refractivity contribution in [1.29, 1.82) is 0 Å². The molecule has 1 nitrogen and oxygen atoms in total. The van der Waals surface area contributed by atoms with E-state index in [9.17, 15) is 5.11 Å². The second kappa shape index (κ2) is 21.6. The van der Waals surface area contributed by atoms with E-state index >= 15 is 0 Å². The van der Waals surface area contributed by atoms with Gasteiger partial charge in [0.25, 0.3) is 0 Å². The third-order valence-electron chi connectivity index (χ3n) is 7.78. The predicted octanol–water partition coefficient (Wildman–Crippen LogP) is 15.2. The third kappa shape index (κ3) is 11.3. The van der Waals surface area contributed by atoms with Gasteiger partial charge in [-0.25, -0.2) is 0 Å². The molecule has 0 heterocycles. The van der Waals surface area contributed by atoms with Gasteiger partial charge in [0, 0.05) is 5.39 Å². The Morgan fingerprint density at radius 3 is 1.17 bits per heavy atom. The van der Waals surface area contributed by atoms with Gasteiger partial charge in [-0.1, -0.05) is 199 Å². The van der Waals surface area contributed by atoms with E-state index in [0.29, 0.717) is 23.5 Å². The summed E-state index contributed by atoms with van der Waals surface area (Å²) < 4.78 is 0. The molecule has 0 saturated carbocycles. The zero-order valence-corrected chi connectivity index (χ0v) is 29.6. The van der Waals surface area contributed by atoms with Crippen LogP contribution in [-0.2, 0) is 0 Å². The largest absolute Gasteiger partial charge is 0.507 e.